The van der Waals surface area contributed by atoms with E-state index in [-0.39, 0.29) is 40.4 Å². The first-order valence-corrected chi connectivity index (χ1v) is 4.62. The number of allylic oxidation sites excluding steroid dienone is 1. The van der Waals surface area contributed by atoms with Crippen LogP contribution < -0.4 is 29.6 Å². The Morgan fingerprint density at radius 3 is 2.11 bits per heavy atom. The van der Waals surface area contributed by atoms with Gasteiger partial charge in [-0.15, -0.1) is 0 Å². The molecule has 0 heterocycles. The van der Waals surface area contributed by atoms with Crippen molar-refractivity contribution in [3.8, 4) is 0 Å². The van der Waals surface area contributed by atoms with Crippen LogP contribution >= 0.6 is 10.8 Å². The van der Waals surface area contributed by atoms with Crippen LogP contribution in [0.3, 0.4) is 0 Å². The molecule has 0 aromatic carbocycles. The van der Waals surface area contributed by atoms with E-state index in [4.69, 9.17) is 0 Å². The summed E-state index contributed by atoms with van der Waals surface area (Å²) >= 11 is 0. The van der Waals surface area contributed by atoms with Crippen LogP contribution in [-0.4, -0.2) is 13.0 Å². The summed E-state index contributed by atoms with van der Waals surface area (Å²) in [7, 11) is -3.84. The average molecular weight is 176 g/mol. The van der Waals surface area contributed by atoms with E-state index in [1.807, 2.05) is 0 Å². The topological polar surface area (TPSA) is 57.2 Å². The van der Waals surface area contributed by atoms with Gasteiger partial charge in [-0.25, -0.2) is 8.42 Å². The van der Waals surface area contributed by atoms with Gasteiger partial charge in [-0.1, -0.05) is 6.08 Å². The maximum atomic E-state index is 9.75. The van der Waals surface area contributed by atoms with Gasteiger partial charge in [0.05, 0.1) is 0 Å². The SMILES string of the molecule is C/C=C/SS(=O)(=O)[O-].[Na+]. The van der Waals surface area contributed by atoms with Crippen molar-refractivity contribution in [2.45, 2.75) is 6.92 Å². The van der Waals surface area contributed by atoms with E-state index in [0.717, 1.165) is 0 Å². The molecule has 0 bridgehead atoms. The van der Waals surface area contributed by atoms with Gasteiger partial charge in [-0.3, -0.25) is 0 Å². The molecule has 0 N–H and O–H groups in total. The van der Waals surface area contributed by atoms with Gasteiger partial charge in [0.2, 0.25) is 0 Å². The molecule has 48 valence electrons. The zero-order valence-corrected chi connectivity index (χ0v) is 8.83. The van der Waals surface area contributed by atoms with Gasteiger partial charge in [0.15, 0.2) is 9.15 Å². The van der Waals surface area contributed by atoms with Crippen LogP contribution in [0.1, 0.15) is 6.92 Å². The summed E-state index contributed by atoms with van der Waals surface area (Å²) in [5, 5.41) is 1.22. The van der Waals surface area contributed by atoms with Crippen molar-refractivity contribution in [2.75, 3.05) is 0 Å². The van der Waals surface area contributed by atoms with Crippen LogP contribution in [0.15, 0.2) is 11.5 Å². The molecule has 0 saturated heterocycles. The second kappa shape index (κ2) is 5.76. The van der Waals surface area contributed by atoms with Gasteiger partial charge < -0.3 is 4.55 Å². The third-order valence-corrected chi connectivity index (χ3v) is 1.97. The van der Waals surface area contributed by atoms with Crippen molar-refractivity contribution in [3.05, 3.63) is 11.5 Å². The second-order valence-corrected chi connectivity index (χ2v) is 4.06. The molecule has 3 nitrogen and oxygen atoms in total. The molecule has 6 heteroatoms. The summed E-state index contributed by atoms with van der Waals surface area (Å²) in [5.74, 6) is 0. The Labute approximate surface area is 80.3 Å². The molecule has 0 aromatic heterocycles. The van der Waals surface area contributed by atoms with E-state index in [9.17, 15) is 13.0 Å². The largest absolute Gasteiger partial charge is 1.00 e. The first kappa shape index (κ1) is 12.7. The Hall–Kier alpha value is 1.000. The Morgan fingerprint density at radius 1 is 1.56 bits per heavy atom. The van der Waals surface area contributed by atoms with E-state index in [1.54, 1.807) is 6.92 Å². The summed E-state index contributed by atoms with van der Waals surface area (Å²) in [6, 6.07) is 0. The van der Waals surface area contributed by atoms with Gasteiger partial charge in [0.25, 0.3) is 0 Å². The van der Waals surface area contributed by atoms with Crippen molar-refractivity contribution in [3.63, 3.8) is 0 Å². The molecule has 0 unspecified atom stereocenters. The number of rotatable bonds is 2. The maximum Gasteiger partial charge on any atom is 1.00 e. The van der Waals surface area contributed by atoms with Crippen molar-refractivity contribution in [2.24, 2.45) is 0 Å². The van der Waals surface area contributed by atoms with Crippen molar-refractivity contribution < 1.29 is 42.5 Å². The van der Waals surface area contributed by atoms with Gasteiger partial charge in [-0.05, 0) is 23.1 Å². The smallest absolute Gasteiger partial charge is 0.739 e. The summed E-state index contributed by atoms with van der Waals surface area (Å²) in [4.78, 5) is 0. The summed E-state index contributed by atoms with van der Waals surface area (Å²) in [6.45, 7) is 1.64. The van der Waals surface area contributed by atoms with Crippen LogP contribution in [0.4, 0.5) is 0 Å². The molecule has 0 spiro atoms. The number of hydrogen-bond acceptors (Lipinski definition) is 4. The fourth-order valence-corrected chi connectivity index (χ4v) is 1.11. The summed E-state index contributed by atoms with van der Waals surface area (Å²) in [5.41, 5.74) is 0. The minimum atomic E-state index is -4.11. The predicted molar refractivity (Wildman–Crippen MR) is 32.1 cm³/mol. The normalized spacial score (nSPS) is 11.3. The van der Waals surface area contributed by atoms with Gasteiger partial charge >= 0.3 is 29.6 Å². The molecule has 0 aliphatic heterocycles. The zero-order chi connectivity index (χ0) is 6.62. The van der Waals surface area contributed by atoms with E-state index in [2.05, 4.69) is 0 Å². The van der Waals surface area contributed by atoms with E-state index < -0.39 is 9.15 Å². The Bertz CT molecular complexity index is 171. The standard InChI is InChI=1S/C3H6O3S2.Na/c1-2-3-7-8(4,5)6;/h2-3H,1H3,(H,4,5,6);/q;+1/p-1/b3-2+;. The molecular formula is C3H5NaO3S2. The monoisotopic (exact) mass is 176 g/mol. The predicted octanol–water partition coefficient (Wildman–Crippen LogP) is -2.28. The quantitative estimate of drug-likeness (QED) is 0.270. The Balaban J connectivity index is 0. The molecular weight excluding hydrogens is 171 g/mol. The molecule has 0 aliphatic rings. The van der Waals surface area contributed by atoms with Crippen LogP contribution in [0, 0.1) is 0 Å². The molecule has 0 aliphatic carbocycles. The molecule has 0 aromatic rings. The third kappa shape index (κ3) is 12.2. The van der Waals surface area contributed by atoms with Crippen LogP contribution in [0.25, 0.3) is 0 Å². The minimum absolute atomic E-state index is 0. The molecule has 9 heavy (non-hydrogen) atoms. The van der Waals surface area contributed by atoms with Crippen LogP contribution in [0.2, 0.25) is 0 Å². The summed E-state index contributed by atoms with van der Waals surface area (Å²) < 4.78 is 29.2. The zero-order valence-electron chi connectivity index (χ0n) is 5.20. The Morgan fingerprint density at radius 2 is 2.00 bits per heavy atom. The van der Waals surface area contributed by atoms with Gasteiger partial charge in [-0.2, -0.15) is 0 Å². The van der Waals surface area contributed by atoms with Crippen LogP contribution in [-0.2, 0) is 9.15 Å². The molecule has 0 amide bonds. The molecule has 0 radical (unpaired) electrons. The first-order valence-electron chi connectivity index (χ1n) is 1.81. The first-order chi connectivity index (χ1) is 3.56. The van der Waals surface area contributed by atoms with Crippen molar-refractivity contribution in [1.82, 2.24) is 0 Å². The third-order valence-electron chi connectivity index (χ3n) is 0.309. The van der Waals surface area contributed by atoms with Gasteiger partial charge in [0.1, 0.15) is 0 Å². The maximum absolute atomic E-state index is 9.75. The number of hydrogen-bond donors (Lipinski definition) is 0. The molecule has 0 saturated carbocycles. The minimum Gasteiger partial charge on any atom is -0.739 e. The Kier molecular flexibility index (Phi) is 8.10. The summed E-state index contributed by atoms with van der Waals surface area (Å²) in [6.07, 6.45) is 1.49. The van der Waals surface area contributed by atoms with Gasteiger partial charge in [0, 0.05) is 0 Å². The average Bonchev–Trinajstić information content (AvgIpc) is 1.59. The fourth-order valence-electron chi connectivity index (χ4n) is 0.124. The second-order valence-electron chi connectivity index (χ2n) is 0.974. The van der Waals surface area contributed by atoms with Crippen molar-refractivity contribution >= 4 is 19.9 Å². The van der Waals surface area contributed by atoms with Crippen LogP contribution in [0.5, 0.6) is 0 Å². The van der Waals surface area contributed by atoms with E-state index in [0.29, 0.717) is 0 Å². The molecule has 0 fully saturated rings. The molecule has 0 rings (SSSR count). The van der Waals surface area contributed by atoms with E-state index in [1.165, 1.54) is 11.5 Å². The van der Waals surface area contributed by atoms with Crippen molar-refractivity contribution in [1.29, 1.82) is 0 Å². The molecule has 0 atom stereocenters. The van der Waals surface area contributed by atoms with E-state index >= 15 is 0 Å². The fraction of sp³-hybridized carbons (Fsp3) is 0.333.